The summed E-state index contributed by atoms with van der Waals surface area (Å²) in [5.74, 6) is 0.664. The third kappa shape index (κ3) is 2.94. The Bertz CT molecular complexity index is 753. The van der Waals surface area contributed by atoms with Gasteiger partial charge in [-0.2, -0.15) is 0 Å². The molecule has 24 heavy (non-hydrogen) atoms. The number of hydrogen-bond donors (Lipinski definition) is 0. The molecule has 2 saturated heterocycles. The molecule has 2 aromatic rings. The Morgan fingerprint density at radius 3 is 2.71 bits per heavy atom. The number of fused-ring (bicyclic) bond motifs is 1. The second kappa shape index (κ2) is 6.36. The summed E-state index contributed by atoms with van der Waals surface area (Å²) in [5, 5.41) is 0.923. The van der Waals surface area contributed by atoms with Crippen molar-refractivity contribution in [1.82, 2.24) is 9.88 Å². The van der Waals surface area contributed by atoms with Gasteiger partial charge in [-0.15, -0.1) is 0 Å². The summed E-state index contributed by atoms with van der Waals surface area (Å²) in [4.78, 5) is 21.0. The van der Waals surface area contributed by atoms with Crippen LogP contribution in [0, 0.1) is 5.82 Å². The van der Waals surface area contributed by atoms with Crippen molar-refractivity contribution < 1.29 is 13.9 Å². The van der Waals surface area contributed by atoms with E-state index in [4.69, 9.17) is 4.74 Å². The van der Waals surface area contributed by atoms with Crippen LogP contribution in [0.1, 0.15) is 12.8 Å². The van der Waals surface area contributed by atoms with Gasteiger partial charge >= 0.3 is 0 Å². The molecule has 0 saturated carbocycles. The van der Waals surface area contributed by atoms with E-state index in [0.717, 1.165) is 37.1 Å². The molecule has 1 atom stereocenters. The van der Waals surface area contributed by atoms with Gasteiger partial charge in [0, 0.05) is 44.2 Å². The van der Waals surface area contributed by atoms with E-state index in [2.05, 4.69) is 9.88 Å². The van der Waals surface area contributed by atoms with Crippen molar-refractivity contribution in [2.75, 3.05) is 37.7 Å². The zero-order valence-corrected chi connectivity index (χ0v) is 13.4. The molecule has 6 heteroatoms. The van der Waals surface area contributed by atoms with Crippen LogP contribution in [0.3, 0.4) is 0 Å². The number of piperazine rings is 1. The van der Waals surface area contributed by atoms with E-state index in [0.29, 0.717) is 25.2 Å². The number of amides is 1. The van der Waals surface area contributed by atoms with Crippen LogP contribution in [-0.2, 0) is 9.53 Å². The number of aromatic nitrogens is 1. The predicted molar refractivity (Wildman–Crippen MR) is 89.5 cm³/mol. The van der Waals surface area contributed by atoms with Crippen LogP contribution >= 0.6 is 0 Å². The Hall–Kier alpha value is -2.21. The fourth-order valence-corrected chi connectivity index (χ4v) is 3.39. The average molecular weight is 329 g/mol. The molecule has 4 rings (SSSR count). The van der Waals surface area contributed by atoms with E-state index in [-0.39, 0.29) is 17.8 Å². The summed E-state index contributed by atoms with van der Waals surface area (Å²) in [5.41, 5.74) is 0.658. The summed E-state index contributed by atoms with van der Waals surface area (Å²) in [6.45, 7) is 3.48. The van der Waals surface area contributed by atoms with Crippen molar-refractivity contribution in [2.45, 2.75) is 18.9 Å². The highest BCUT2D eigenvalue weighted by molar-refractivity contribution is 5.82. The number of halogens is 1. The van der Waals surface area contributed by atoms with E-state index in [1.807, 2.05) is 17.0 Å². The molecule has 1 aromatic heterocycles. The van der Waals surface area contributed by atoms with Gasteiger partial charge in [0.1, 0.15) is 17.7 Å². The lowest BCUT2D eigenvalue weighted by atomic mass is 10.2. The van der Waals surface area contributed by atoms with Gasteiger partial charge in [0.05, 0.1) is 5.52 Å². The third-order valence-electron chi connectivity index (χ3n) is 4.76. The lowest BCUT2D eigenvalue weighted by Crippen LogP contribution is -2.51. The van der Waals surface area contributed by atoms with E-state index in [1.165, 1.54) is 12.1 Å². The average Bonchev–Trinajstić information content (AvgIpc) is 3.15. The Labute approximate surface area is 140 Å². The maximum atomic E-state index is 13.4. The normalized spacial score (nSPS) is 21.5. The highest BCUT2D eigenvalue weighted by atomic mass is 19.1. The lowest BCUT2D eigenvalue weighted by Gasteiger charge is -2.36. The standard InChI is InChI=1S/C18H20FN3O2/c19-14-5-3-13-4-6-17(20-15(13)12-14)21-7-9-22(10-8-21)18(23)16-2-1-11-24-16/h3-6,12,16H,1-2,7-11H2. The maximum absolute atomic E-state index is 13.4. The highest BCUT2D eigenvalue weighted by Crippen LogP contribution is 2.21. The SMILES string of the molecule is O=C(C1CCCO1)N1CCN(c2ccc3ccc(F)cc3n2)CC1. The number of carbonyl (C=O) groups excluding carboxylic acids is 1. The first-order chi connectivity index (χ1) is 11.7. The monoisotopic (exact) mass is 329 g/mol. The van der Waals surface area contributed by atoms with Gasteiger partial charge < -0.3 is 14.5 Å². The van der Waals surface area contributed by atoms with Crippen molar-refractivity contribution >= 4 is 22.6 Å². The number of benzene rings is 1. The van der Waals surface area contributed by atoms with Gasteiger partial charge in [-0.1, -0.05) is 0 Å². The zero-order valence-electron chi connectivity index (χ0n) is 13.4. The fourth-order valence-electron chi connectivity index (χ4n) is 3.39. The van der Waals surface area contributed by atoms with Crippen molar-refractivity contribution in [3.05, 3.63) is 36.1 Å². The van der Waals surface area contributed by atoms with Gasteiger partial charge in [0.2, 0.25) is 0 Å². The van der Waals surface area contributed by atoms with Crippen molar-refractivity contribution in [2.24, 2.45) is 0 Å². The van der Waals surface area contributed by atoms with Gasteiger partial charge in [0.15, 0.2) is 0 Å². The summed E-state index contributed by atoms with van der Waals surface area (Å²) in [6, 6.07) is 8.55. The summed E-state index contributed by atoms with van der Waals surface area (Å²) in [6.07, 6.45) is 1.54. The molecule has 0 aliphatic carbocycles. The molecule has 1 aromatic carbocycles. The minimum atomic E-state index is -0.279. The minimum absolute atomic E-state index is 0.112. The number of nitrogens with zero attached hydrogens (tertiary/aromatic N) is 3. The fraction of sp³-hybridized carbons (Fsp3) is 0.444. The molecule has 2 fully saturated rings. The van der Waals surface area contributed by atoms with E-state index >= 15 is 0 Å². The zero-order chi connectivity index (χ0) is 16.5. The summed E-state index contributed by atoms with van der Waals surface area (Å²) >= 11 is 0. The first kappa shape index (κ1) is 15.3. The molecule has 2 aliphatic heterocycles. The quantitative estimate of drug-likeness (QED) is 0.847. The maximum Gasteiger partial charge on any atom is 0.251 e. The van der Waals surface area contributed by atoms with Crippen LogP contribution in [0.15, 0.2) is 30.3 Å². The van der Waals surface area contributed by atoms with Crippen LogP contribution in [-0.4, -0.2) is 54.7 Å². The minimum Gasteiger partial charge on any atom is -0.368 e. The molecule has 1 amide bonds. The number of rotatable bonds is 2. The van der Waals surface area contributed by atoms with Crippen molar-refractivity contribution in [1.29, 1.82) is 0 Å². The highest BCUT2D eigenvalue weighted by Gasteiger charge is 2.30. The Balaban J connectivity index is 1.44. The van der Waals surface area contributed by atoms with E-state index < -0.39 is 0 Å². The number of carbonyl (C=O) groups is 1. The Morgan fingerprint density at radius 1 is 1.17 bits per heavy atom. The van der Waals surface area contributed by atoms with Crippen molar-refractivity contribution in [3.8, 4) is 0 Å². The predicted octanol–water partition coefficient (Wildman–Crippen LogP) is 2.20. The van der Waals surface area contributed by atoms with E-state index in [9.17, 15) is 9.18 Å². The first-order valence-electron chi connectivity index (χ1n) is 8.42. The number of ether oxygens (including phenoxy) is 1. The van der Waals surface area contributed by atoms with Crippen LogP contribution < -0.4 is 4.90 Å². The Morgan fingerprint density at radius 2 is 1.96 bits per heavy atom. The second-order valence-corrected chi connectivity index (χ2v) is 6.32. The van der Waals surface area contributed by atoms with Gasteiger partial charge in [-0.05, 0) is 37.1 Å². The molecule has 1 unspecified atom stereocenters. The molecular weight excluding hydrogens is 309 g/mol. The van der Waals surface area contributed by atoms with Gasteiger partial charge in [-0.25, -0.2) is 9.37 Å². The van der Waals surface area contributed by atoms with Crippen LogP contribution in [0.4, 0.5) is 10.2 Å². The largest absolute Gasteiger partial charge is 0.368 e. The molecular formula is C18H20FN3O2. The molecule has 3 heterocycles. The second-order valence-electron chi connectivity index (χ2n) is 6.32. The first-order valence-corrected chi connectivity index (χ1v) is 8.42. The van der Waals surface area contributed by atoms with Crippen LogP contribution in [0.2, 0.25) is 0 Å². The molecule has 0 spiro atoms. The molecule has 126 valence electrons. The molecule has 2 aliphatic rings. The molecule has 5 nitrogen and oxygen atoms in total. The third-order valence-corrected chi connectivity index (χ3v) is 4.76. The van der Waals surface area contributed by atoms with Crippen molar-refractivity contribution in [3.63, 3.8) is 0 Å². The van der Waals surface area contributed by atoms with Gasteiger partial charge in [0.25, 0.3) is 5.91 Å². The smallest absolute Gasteiger partial charge is 0.251 e. The van der Waals surface area contributed by atoms with E-state index in [1.54, 1.807) is 6.07 Å². The topological polar surface area (TPSA) is 45.7 Å². The number of hydrogen-bond acceptors (Lipinski definition) is 4. The van der Waals surface area contributed by atoms with Crippen LogP contribution in [0.5, 0.6) is 0 Å². The van der Waals surface area contributed by atoms with Crippen LogP contribution in [0.25, 0.3) is 10.9 Å². The molecule has 0 bridgehead atoms. The molecule has 0 N–H and O–H groups in total. The molecule has 0 radical (unpaired) electrons. The van der Waals surface area contributed by atoms with Gasteiger partial charge in [-0.3, -0.25) is 4.79 Å². The summed E-state index contributed by atoms with van der Waals surface area (Å²) in [7, 11) is 0. The Kier molecular flexibility index (Phi) is 4.06. The lowest BCUT2D eigenvalue weighted by molar-refractivity contribution is -0.141. The number of pyridine rings is 1. The number of anilines is 1. The summed E-state index contributed by atoms with van der Waals surface area (Å²) < 4.78 is 18.9.